The van der Waals surface area contributed by atoms with Crippen LogP contribution in [0.15, 0.2) is 54.6 Å². The number of ether oxygens (including phenoxy) is 1. The molecule has 2 aromatic rings. The van der Waals surface area contributed by atoms with Gasteiger partial charge in [-0.2, -0.15) is 0 Å². The van der Waals surface area contributed by atoms with E-state index in [-0.39, 0.29) is 11.3 Å². The number of para-hydroxylation sites is 2. The molecule has 2 aliphatic heterocycles. The molecule has 0 radical (unpaired) electrons. The van der Waals surface area contributed by atoms with Crippen LogP contribution in [0.25, 0.3) is 0 Å². The second kappa shape index (κ2) is 6.52. The molecular weight excluding hydrogens is 312 g/mol. The van der Waals surface area contributed by atoms with Crippen molar-refractivity contribution in [2.24, 2.45) is 0 Å². The van der Waals surface area contributed by atoms with Crippen LogP contribution in [-0.4, -0.2) is 44.1 Å². The van der Waals surface area contributed by atoms with E-state index in [1.807, 2.05) is 54.4 Å². The fourth-order valence-electron chi connectivity index (χ4n) is 4.17. The highest BCUT2D eigenvalue weighted by molar-refractivity contribution is 6.07. The van der Waals surface area contributed by atoms with E-state index in [0.29, 0.717) is 6.61 Å². The molecule has 0 saturated carbocycles. The molecule has 25 heavy (non-hydrogen) atoms. The maximum absolute atomic E-state index is 12.9. The molecule has 1 fully saturated rings. The van der Waals surface area contributed by atoms with E-state index in [1.54, 1.807) is 0 Å². The second-order valence-electron chi connectivity index (χ2n) is 6.97. The molecule has 0 aromatic heterocycles. The highest BCUT2D eigenvalue weighted by atomic mass is 16.5. The number of carbonyl (C=O) groups is 1. The van der Waals surface area contributed by atoms with Gasteiger partial charge in [-0.3, -0.25) is 9.69 Å². The van der Waals surface area contributed by atoms with Crippen LogP contribution in [0.1, 0.15) is 18.4 Å². The van der Waals surface area contributed by atoms with Crippen LogP contribution in [-0.2, 0) is 10.2 Å². The van der Waals surface area contributed by atoms with Gasteiger partial charge in [0.05, 0.1) is 5.41 Å². The second-order valence-corrected chi connectivity index (χ2v) is 6.97. The van der Waals surface area contributed by atoms with Crippen molar-refractivity contribution in [2.45, 2.75) is 18.3 Å². The predicted molar refractivity (Wildman–Crippen MR) is 99.1 cm³/mol. The SMILES string of the molecule is CN1C(=O)C2(CCN(CCOc3ccccc3)CC2)c2ccccc21. The van der Waals surface area contributed by atoms with Gasteiger partial charge in [0.25, 0.3) is 0 Å². The highest BCUT2D eigenvalue weighted by Gasteiger charge is 2.50. The molecule has 2 heterocycles. The molecule has 4 heteroatoms. The molecule has 0 bridgehead atoms. The molecular formula is C21H24N2O2. The fraction of sp³-hybridized carbons (Fsp3) is 0.381. The van der Waals surface area contributed by atoms with Gasteiger partial charge in [-0.25, -0.2) is 0 Å². The number of carbonyl (C=O) groups excluding carboxylic acids is 1. The van der Waals surface area contributed by atoms with Crippen molar-refractivity contribution in [3.05, 3.63) is 60.2 Å². The first-order valence-corrected chi connectivity index (χ1v) is 8.99. The zero-order valence-electron chi connectivity index (χ0n) is 14.6. The van der Waals surface area contributed by atoms with E-state index < -0.39 is 0 Å². The van der Waals surface area contributed by atoms with Crippen molar-refractivity contribution < 1.29 is 9.53 Å². The minimum absolute atomic E-state index is 0.258. The summed E-state index contributed by atoms with van der Waals surface area (Å²) in [5, 5.41) is 0. The molecule has 0 unspecified atom stereocenters. The van der Waals surface area contributed by atoms with Crippen molar-refractivity contribution in [2.75, 3.05) is 38.2 Å². The Morgan fingerprint density at radius 1 is 1.00 bits per heavy atom. The number of hydrogen-bond acceptors (Lipinski definition) is 3. The lowest BCUT2D eigenvalue weighted by Gasteiger charge is -2.38. The number of benzene rings is 2. The third-order valence-corrected chi connectivity index (χ3v) is 5.62. The molecule has 2 aliphatic rings. The van der Waals surface area contributed by atoms with Crippen molar-refractivity contribution in [3.8, 4) is 5.75 Å². The zero-order chi connectivity index (χ0) is 17.3. The molecule has 0 aliphatic carbocycles. The number of piperidine rings is 1. The zero-order valence-corrected chi connectivity index (χ0v) is 14.6. The summed E-state index contributed by atoms with van der Waals surface area (Å²) in [6.07, 6.45) is 1.77. The summed E-state index contributed by atoms with van der Waals surface area (Å²) in [4.78, 5) is 17.2. The molecule has 0 atom stereocenters. The summed E-state index contributed by atoms with van der Waals surface area (Å²) in [5.74, 6) is 1.17. The van der Waals surface area contributed by atoms with E-state index >= 15 is 0 Å². The monoisotopic (exact) mass is 336 g/mol. The van der Waals surface area contributed by atoms with Gasteiger partial charge >= 0.3 is 0 Å². The summed E-state index contributed by atoms with van der Waals surface area (Å²) >= 11 is 0. The van der Waals surface area contributed by atoms with Crippen molar-refractivity contribution in [1.29, 1.82) is 0 Å². The van der Waals surface area contributed by atoms with E-state index in [2.05, 4.69) is 17.0 Å². The number of amides is 1. The Labute approximate surface area is 149 Å². The first kappa shape index (κ1) is 16.2. The Morgan fingerprint density at radius 3 is 2.44 bits per heavy atom. The minimum Gasteiger partial charge on any atom is -0.492 e. The van der Waals surface area contributed by atoms with Crippen LogP contribution >= 0.6 is 0 Å². The summed E-state index contributed by atoms with van der Waals surface area (Å²) < 4.78 is 5.80. The first-order valence-electron chi connectivity index (χ1n) is 8.99. The van der Waals surface area contributed by atoms with Crippen molar-refractivity contribution >= 4 is 11.6 Å². The number of likely N-dealkylation sites (N-methyl/N-ethyl adjacent to an activating group) is 1. The summed E-state index contributed by atoms with van der Waals surface area (Å²) in [7, 11) is 1.90. The molecule has 1 saturated heterocycles. The van der Waals surface area contributed by atoms with Gasteiger partial charge in [-0.15, -0.1) is 0 Å². The van der Waals surface area contributed by atoms with E-state index in [9.17, 15) is 4.79 Å². The molecule has 1 spiro atoms. The third kappa shape index (κ3) is 2.81. The molecule has 130 valence electrons. The Hall–Kier alpha value is -2.33. The molecule has 0 N–H and O–H groups in total. The maximum atomic E-state index is 12.9. The van der Waals surface area contributed by atoms with Crippen LogP contribution < -0.4 is 9.64 Å². The number of likely N-dealkylation sites (tertiary alicyclic amines) is 1. The lowest BCUT2D eigenvalue weighted by molar-refractivity contribution is -0.124. The standard InChI is InChI=1S/C21H24N2O2/c1-22-19-10-6-5-9-18(19)21(20(22)24)11-13-23(14-12-21)15-16-25-17-7-3-2-4-8-17/h2-10H,11-16H2,1H3. The van der Waals surface area contributed by atoms with Crippen LogP contribution in [0.3, 0.4) is 0 Å². The minimum atomic E-state index is -0.317. The fourth-order valence-corrected chi connectivity index (χ4v) is 4.17. The van der Waals surface area contributed by atoms with Gasteiger partial charge in [0.2, 0.25) is 5.91 Å². The smallest absolute Gasteiger partial charge is 0.237 e. The predicted octanol–water partition coefficient (Wildman–Crippen LogP) is 3.08. The topological polar surface area (TPSA) is 32.8 Å². The average Bonchev–Trinajstić information content (AvgIpc) is 2.87. The quantitative estimate of drug-likeness (QED) is 0.860. The Morgan fingerprint density at radius 2 is 1.68 bits per heavy atom. The van der Waals surface area contributed by atoms with Crippen LogP contribution in [0.2, 0.25) is 0 Å². The Bertz CT molecular complexity index is 752. The molecule has 2 aromatic carbocycles. The average molecular weight is 336 g/mol. The van der Waals surface area contributed by atoms with Gasteiger partial charge in [0.15, 0.2) is 0 Å². The summed E-state index contributed by atoms with van der Waals surface area (Å²) in [6, 6.07) is 18.2. The van der Waals surface area contributed by atoms with Crippen molar-refractivity contribution in [1.82, 2.24) is 4.90 Å². The normalized spacial score (nSPS) is 19.2. The van der Waals surface area contributed by atoms with Crippen LogP contribution in [0.5, 0.6) is 5.75 Å². The summed E-state index contributed by atoms with van der Waals surface area (Å²) in [5.41, 5.74) is 1.97. The van der Waals surface area contributed by atoms with Gasteiger partial charge < -0.3 is 9.64 Å². The van der Waals surface area contributed by atoms with Gasteiger partial charge in [0.1, 0.15) is 12.4 Å². The number of fused-ring (bicyclic) bond motifs is 2. The van der Waals surface area contributed by atoms with E-state index in [0.717, 1.165) is 43.9 Å². The lowest BCUT2D eigenvalue weighted by Crippen LogP contribution is -2.48. The van der Waals surface area contributed by atoms with Gasteiger partial charge in [0, 0.05) is 19.3 Å². The summed E-state index contributed by atoms with van der Waals surface area (Å²) in [6.45, 7) is 3.45. The third-order valence-electron chi connectivity index (χ3n) is 5.62. The Balaban J connectivity index is 1.38. The number of anilines is 1. The van der Waals surface area contributed by atoms with E-state index in [1.165, 1.54) is 5.56 Å². The van der Waals surface area contributed by atoms with E-state index in [4.69, 9.17) is 4.74 Å². The number of hydrogen-bond donors (Lipinski definition) is 0. The van der Waals surface area contributed by atoms with Crippen molar-refractivity contribution in [3.63, 3.8) is 0 Å². The van der Waals surface area contributed by atoms with Gasteiger partial charge in [-0.1, -0.05) is 36.4 Å². The highest BCUT2D eigenvalue weighted by Crippen LogP contribution is 2.47. The first-order chi connectivity index (χ1) is 12.2. The number of rotatable bonds is 4. The molecule has 1 amide bonds. The molecule has 4 nitrogen and oxygen atoms in total. The number of nitrogens with zero attached hydrogens (tertiary/aromatic N) is 2. The van der Waals surface area contributed by atoms with Crippen LogP contribution in [0, 0.1) is 0 Å². The van der Waals surface area contributed by atoms with Crippen LogP contribution in [0.4, 0.5) is 5.69 Å². The largest absolute Gasteiger partial charge is 0.492 e. The lowest BCUT2D eigenvalue weighted by atomic mass is 9.73. The molecule has 4 rings (SSSR count). The maximum Gasteiger partial charge on any atom is 0.237 e. The Kier molecular flexibility index (Phi) is 4.22. The van der Waals surface area contributed by atoms with Gasteiger partial charge in [-0.05, 0) is 49.7 Å².